The maximum absolute atomic E-state index is 15.3. The van der Waals surface area contributed by atoms with Crippen LogP contribution in [0.1, 0.15) is 103 Å². The lowest BCUT2D eigenvalue weighted by atomic mass is 9.86. The van der Waals surface area contributed by atoms with Crippen molar-refractivity contribution in [2.45, 2.75) is 104 Å². The van der Waals surface area contributed by atoms with Gasteiger partial charge in [0.25, 0.3) is 22.2 Å². The minimum atomic E-state index is -1.14. The molecule has 0 saturated carbocycles. The Hall–Kier alpha value is -10.3. The fourth-order valence-corrected chi connectivity index (χ4v) is 10.4. The predicted octanol–water partition coefficient (Wildman–Crippen LogP) is 10.5. The number of aryl methyl sites for hydroxylation is 2. The third-order valence-corrected chi connectivity index (χ3v) is 16.2. The van der Waals surface area contributed by atoms with Crippen LogP contribution in [-0.4, -0.2) is 73.0 Å². The molecule has 6 aromatic heterocycles. The van der Waals surface area contributed by atoms with Crippen molar-refractivity contribution in [2.24, 2.45) is 14.1 Å². The summed E-state index contributed by atoms with van der Waals surface area (Å²) in [5, 5.41) is 45.9. The Labute approximate surface area is 521 Å². The lowest BCUT2D eigenvalue weighted by Gasteiger charge is -2.21. The Morgan fingerprint density at radius 3 is 1.26 bits per heavy atom. The number of aliphatic carboxylic acids is 1. The van der Waals surface area contributed by atoms with E-state index in [0.29, 0.717) is 66.9 Å². The minimum absolute atomic E-state index is 0.0978. The van der Waals surface area contributed by atoms with Gasteiger partial charge in [-0.2, -0.15) is 19.6 Å². The Morgan fingerprint density at radius 1 is 0.527 bits per heavy atom. The molecule has 0 spiro atoms. The highest BCUT2D eigenvalue weighted by molar-refractivity contribution is 5.85. The zero-order valence-electron chi connectivity index (χ0n) is 52.6. The third kappa shape index (κ3) is 12.8. The van der Waals surface area contributed by atoms with E-state index in [0.717, 1.165) is 20.5 Å². The van der Waals surface area contributed by atoms with Crippen molar-refractivity contribution in [3.8, 4) is 33.6 Å². The van der Waals surface area contributed by atoms with Crippen molar-refractivity contribution in [3.05, 3.63) is 221 Å². The van der Waals surface area contributed by atoms with E-state index in [-0.39, 0.29) is 55.5 Å². The predicted molar refractivity (Wildman–Crippen MR) is 346 cm³/mol. The van der Waals surface area contributed by atoms with Crippen molar-refractivity contribution < 1.29 is 38.4 Å². The average Bonchev–Trinajstić information content (AvgIpc) is 0.773. The Morgan fingerprint density at radius 2 is 0.923 bits per heavy atom. The Bertz CT molecular complexity index is 4770. The number of fused-ring (bicyclic) bond motifs is 2. The molecule has 0 fully saturated rings. The first-order valence-electron chi connectivity index (χ1n) is 28.9. The van der Waals surface area contributed by atoms with Gasteiger partial charge in [-0.25, -0.2) is 18.7 Å². The minimum Gasteiger partial charge on any atom is -0.481 e. The number of benzene rings is 4. The first kappa shape index (κ1) is 65.1. The monoisotopic (exact) mass is 1240 g/mol. The quantitative estimate of drug-likeness (QED) is 0.0634. The van der Waals surface area contributed by atoms with Gasteiger partial charge in [-0.05, 0) is 133 Å². The van der Waals surface area contributed by atoms with Crippen LogP contribution in [-0.2, 0) is 63.3 Å². The van der Waals surface area contributed by atoms with Gasteiger partial charge in [-0.3, -0.25) is 28.8 Å². The molecule has 0 radical (unpaired) electrons. The van der Waals surface area contributed by atoms with E-state index in [1.54, 1.807) is 145 Å². The molecule has 0 amide bonds. The topological polar surface area (TPSA) is 268 Å². The van der Waals surface area contributed by atoms with Gasteiger partial charge in [-0.15, -0.1) is 0 Å². The Balaban J connectivity index is 0.000000215. The fourth-order valence-electron chi connectivity index (χ4n) is 10.4. The molecule has 0 bridgehead atoms. The lowest BCUT2D eigenvalue weighted by molar-refractivity contribution is -0.146. The van der Waals surface area contributed by atoms with Gasteiger partial charge in [0.1, 0.15) is 34.6 Å². The summed E-state index contributed by atoms with van der Waals surface area (Å²) in [5.74, 6) is -1.99. The number of ether oxygens (including phenoxy) is 1. The number of carbonyl (C=O) groups is 2. The maximum atomic E-state index is 15.3. The van der Waals surface area contributed by atoms with Crippen LogP contribution < -0.4 is 32.9 Å². The van der Waals surface area contributed by atoms with E-state index in [2.05, 4.69) is 30.8 Å². The molecular formula is C69H70F2N10O10. The molecule has 6 heterocycles. The number of aromatic nitrogens is 8. The number of carboxylic acid groups (broad SMARTS) is 1. The number of methoxy groups -OCH3 is 1. The molecule has 22 heteroatoms. The van der Waals surface area contributed by atoms with E-state index >= 15 is 8.78 Å². The highest BCUT2D eigenvalue weighted by Crippen LogP contribution is 2.35. The van der Waals surface area contributed by atoms with Crippen molar-refractivity contribution in [3.63, 3.8) is 0 Å². The summed E-state index contributed by atoms with van der Waals surface area (Å²) in [4.78, 5) is 85.9. The molecule has 0 saturated heterocycles. The number of nitrogens with zero attached hydrogens (tertiary/aromatic N) is 8. The summed E-state index contributed by atoms with van der Waals surface area (Å²) in [6.07, 6.45) is 9.09. The second-order valence-corrected chi connectivity index (χ2v) is 25.3. The first-order valence-corrected chi connectivity index (χ1v) is 28.9. The van der Waals surface area contributed by atoms with Gasteiger partial charge >= 0.3 is 11.9 Å². The normalized spacial score (nSPS) is 12.0. The molecule has 4 aromatic carbocycles. The molecule has 0 unspecified atom stereocenters. The number of carbonyl (C=O) groups excluding carboxylic acids is 1. The average molecular weight is 1240 g/mol. The summed E-state index contributed by atoms with van der Waals surface area (Å²) in [5.41, 5.74) is 1.72. The van der Waals surface area contributed by atoms with E-state index in [1.807, 2.05) is 41.5 Å². The molecular weight excluding hydrogens is 1170 g/mol. The van der Waals surface area contributed by atoms with E-state index < -0.39 is 58.7 Å². The molecule has 0 aliphatic rings. The summed E-state index contributed by atoms with van der Waals surface area (Å²) in [7, 11) is 4.50. The standard InChI is InChI=1S/C35H36FN5O5.C34H34FN5O5/c1-34(2,3)23-13-20-16-38-41(32(44)30(20)26(36)15-23)28-10-8-9-24(25(28)19-42)21-14-27(31(43)40(6)18-21)39-29-12-11-22(17-37-29)35(4,5)33(45)46-7;1-33(2,3)22-12-19-15-37-40(31(43)29(19)25(35)14-22)27-9-7-8-23(24(27)18-41)20-13-26(30(42)39(6)17-20)38-28-11-10-21(16-36-28)34(4,5)32(44)45/h8-18,42H,19H2,1-7H3,(H,37,39);7-17,41H,18H2,1-6H3,(H,36,38)(H,44,45). The highest BCUT2D eigenvalue weighted by Gasteiger charge is 2.32. The number of hydrogen-bond acceptors (Lipinski definition) is 15. The number of aliphatic hydroxyl groups is 2. The molecule has 470 valence electrons. The number of esters is 1. The van der Waals surface area contributed by atoms with Crippen LogP contribution in [0.25, 0.3) is 55.2 Å². The fraction of sp³-hybridized carbons (Fsp3) is 0.275. The molecule has 91 heavy (non-hydrogen) atoms. The molecule has 0 atom stereocenters. The van der Waals surface area contributed by atoms with Crippen molar-refractivity contribution in [1.29, 1.82) is 0 Å². The van der Waals surface area contributed by atoms with Gasteiger partial charge in [-0.1, -0.05) is 77.9 Å². The van der Waals surface area contributed by atoms with Gasteiger partial charge in [0.15, 0.2) is 0 Å². The zero-order valence-corrected chi connectivity index (χ0v) is 52.6. The molecule has 10 rings (SSSR count). The van der Waals surface area contributed by atoms with Crippen molar-refractivity contribution >= 4 is 56.5 Å². The maximum Gasteiger partial charge on any atom is 0.315 e. The Kier molecular flexibility index (Phi) is 17.8. The number of halogens is 2. The van der Waals surface area contributed by atoms with E-state index in [9.17, 15) is 44.1 Å². The molecule has 20 nitrogen and oxygen atoms in total. The number of rotatable bonds is 14. The van der Waals surface area contributed by atoms with Crippen LogP contribution >= 0.6 is 0 Å². The SMILES string of the molecule is COC(=O)C(C)(C)c1ccc(Nc2cc(-c3cccc(-n4ncc5cc(C(C)(C)C)cc(F)c5c4=O)c3CO)cn(C)c2=O)nc1.Cn1cc(-c2cccc(-n3ncc4cc(C(C)(C)C)cc(F)c4c3=O)c2CO)cc(Nc2ccc(C(C)(C)C(=O)O)cn2)c1=O. The van der Waals surface area contributed by atoms with E-state index in [1.165, 1.54) is 47.0 Å². The van der Waals surface area contributed by atoms with Gasteiger partial charge in [0, 0.05) is 71.9 Å². The number of aliphatic hydroxyl groups excluding tert-OH is 2. The second-order valence-electron chi connectivity index (χ2n) is 25.3. The lowest BCUT2D eigenvalue weighted by Crippen LogP contribution is -2.30. The van der Waals surface area contributed by atoms with Crippen LogP contribution in [0, 0.1) is 11.6 Å². The largest absolute Gasteiger partial charge is 0.481 e. The molecule has 5 N–H and O–H groups in total. The van der Waals surface area contributed by atoms with Crippen molar-refractivity contribution in [1.82, 2.24) is 38.7 Å². The summed E-state index contributed by atoms with van der Waals surface area (Å²) in [6, 6.07) is 26.2. The van der Waals surface area contributed by atoms with Crippen LogP contribution in [0.5, 0.6) is 0 Å². The molecule has 10 aromatic rings. The molecule has 0 aliphatic heterocycles. The summed E-state index contributed by atoms with van der Waals surface area (Å²) < 4.78 is 40.5. The summed E-state index contributed by atoms with van der Waals surface area (Å²) >= 11 is 0. The number of anilines is 4. The van der Waals surface area contributed by atoms with Gasteiger partial charge in [0.05, 0.1) is 65.7 Å². The molecule has 0 aliphatic carbocycles. The second kappa shape index (κ2) is 24.9. The first-order chi connectivity index (χ1) is 42.8. The van der Waals surface area contributed by atoms with Gasteiger partial charge in [0.2, 0.25) is 0 Å². The number of carboxylic acids is 1. The number of nitrogens with one attached hydrogen (secondary N) is 2. The van der Waals surface area contributed by atoms with Gasteiger partial charge < -0.3 is 39.8 Å². The van der Waals surface area contributed by atoms with Crippen molar-refractivity contribution in [2.75, 3.05) is 17.7 Å². The smallest absolute Gasteiger partial charge is 0.315 e. The van der Waals surface area contributed by atoms with Crippen LogP contribution in [0.15, 0.2) is 153 Å². The van der Waals surface area contributed by atoms with Crippen LogP contribution in [0.4, 0.5) is 31.8 Å². The van der Waals surface area contributed by atoms with Crippen LogP contribution in [0.3, 0.4) is 0 Å². The van der Waals surface area contributed by atoms with E-state index in [4.69, 9.17) is 4.74 Å². The van der Waals surface area contributed by atoms with Crippen LogP contribution in [0.2, 0.25) is 0 Å². The number of hydrogen-bond donors (Lipinski definition) is 5. The third-order valence-electron chi connectivity index (χ3n) is 16.2. The summed E-state index contributed by atoms with van der Waals surface area (Å²) in [6.45, 7) is 17.4. The zero-order chi connectivity index (χ0) is 66.4. The number of pyridine rings is 4. The highest BCUT2D eigenvalue weighted by atomic mass is 19.1.